The summed E-state index contributed by atoms with van der Waals surface area (Å²) in [6.45, 7) is 2.13. The van der Waals surface area contributed by atoms with Crippen LogP contribution in [0.4, 0.5) is 0 Å². The molecule has 0 amide bonds. The maximum atomic E-state index is 12.5. The molecule has 0 radical (unpaired) electrons. The van der Waals surface area contributed by atoms with Crippen LogP contribution in [0.25, 0.3) is 0 Å². The van der Waals surface area contributed by atoms with Crippen LogP contribution in [-0.2, 0) is 6.42 Å². The molecule has 1 aromatic heterocycles. The molecule has 0 fully saturated rings. The number of allylic oxidation sites excluding steroid dienone is 8. The zero-order chi connectivity index (χ0) is 18.5. The molecule has 0 spiro atoms. The van der Waals surface area contributed by atoms with E-state index in [9.17, 15) is 4.79 Å². The van der Waals surface area contributed by atoms with E-state index in [4.69, 9.17) is 4.42 Å². The van der Waals surface area contributed by atoms with Gasteiger partial charge in [0.25, 0.3) is 0 Å². The largest absolute Gasteiger partial charge is 0.428 e. The van der Waals surface area contributed by atoms with Gasteiger partial charge in [-0.15, -0.1) is 0 Å². The van der Waals surface area contributed by atoms with Crippen molar-refractivity contribution in [3.63, 3.8) is 0 Å². The van der Waals surface area contributed by atoms with E-state index in [2.05, 4.69) is 55.5 Å². The minimum atomic E-state index is -0.200. The third-order valence-electron chi connectivity index (χ3n) is 4.61. The van der Waals surface area contributed by atoms with Crippen molar-refractivity contribution in [2.75, 3.05) is 0 Å². The fourth-order valence-electron chi connectivity index (χ4n) is 3.12. The molecule has 140 valence electrons. The summed E-state index contributed by atoms with van der Waals surface area (Å²) in [4.78, 5) is 12.5. The van der Waals surface area contributed by atoms with Crippen LogP contribution >= 0.6 is 0 Å². The molecule has 26 heavy (non-hydrogen) atoms. The van der Waals surface area contributed by atoms with Gasteiger partial charge in [-0.25, -0.2) is 4.79 Å². The Balaban J connectivity index is 2.20. The minimum Gasteiger partial charge on any atom is -0.428 e. The highest BCUT2D eigenvalue weighted by atomic mass is 16.4. The summed E-state index contributed by atoms with van der Waals surface area (Å²) in [5.41, 5.74) is 0.519. The number of aryl methyl sites for hydroxylation is 1. The van der Waals surface area contributed by atoms with Gasteiger partial charge in [-0.3, -0.25) is 0 Å². The van der Waals surface area contributed by atoms with Gasteiger partial charge in [-0.2, -0.15) is 0 Å². The molecule has 0 saturated carbocycles. The quantitative estimate of drug-likeness (QED) is 0.568. The van der Waals surface area contributed by atoms with Crippen molar-refractivity contribution in [1.82, 2.24) is 0 Å². The highest BCUT2D eigenvalue weighted by molar-refractivity contribution is 5.27. The molecule has 2 heterocycles. The fraction of sp³-hybridized carbons (Fsp3) is 0.458. The van der Waals surface area contributed by atoms with Crippen molar-refractivity contribution in [2.45, 2.75) is 70.6 Å². The molecule has 1 aliphatic carbocycles. The van der Waals surface area contributed by atoms with Gasteiger partial charge < -0.3 is 4.42 Å². The van der Waals surface area contributed by atoms with Gasteiger partial charge in [0.05, 0.1) is 0 Å². The summed E-state index contributed by atoms with van der Waals surface area (Å²) in [5.74, 6) is 0.778. The van der Waals surface area contributed by atoms with Gasteiger partial charge in [0.15, 0.2) is 0 Å². The highest BCUT2D eigenvalue weighted by Gasteiger charge is 2.11. The molecule has 0 N–H and O–H groups in total. The van der Waals surface area contributed by atoms with Crippen LogP contribution in [0, 0.1) is 0 Å². The van der Waals surface area contributed by atoms with Gasteiger partial charge in [0.2, 0.25) is 0 Å². The monoisotopic (exact) mass is 352 g/mol. The van der Waals surface area contributed by atoms with Crippen LogP contribution in [0.2, 0.25) is 0 Å². The van der Waals surface area contributed by atoms with Crippen molar-refractivity contribution in [3.8, 4) is 0 Å². The minimum absolute atomic E-state index is 0.0309. The standard InChI is InChI=1S/C24H32O2/c1-2-3-4-10-13-16-21-17-14-11-8-6-5-7-9-12-15-18-22-19-20-23(21)24(25)26-22/h3-4,6,8,13-14,16-17,19-21H,2,5,7,9-12,15,18H2,1H3/b4-3-,8-6-,16-13+,17-14-/t21-/m0/s1. The van der Waals surface area contributed by atoms with Gasteiger partial charge in [-0.1, -0.05) is 68.4 Å². The number of fused-ring (bicyclic) bond motifs is 11. The summed E-state index contributed by atoms with van der Waals surface area (Å²) in [7, 11) is 0. The molecule has 1 atom stereocenters. The molecular weight excluding hydrogens is 320 g/mol. The Kier molecular flexibility index (Phi) is 9.56. The Hall–Kier alpha value is -2.09. The van der Waals surface area contributed by atoms with Crippen LogP contribution in [0.3, 0.4) is 0 Å². The first-order valence-corrected chi connectivity index (χ1v) is 10.1. The van der Waals surface area contributed by atoms with Gasteiger partial charge >= 0.3 is 5.63 Å². The first kappa shape index (κ1) is 20.2. The van der Waals surface area contributed by atoms with Crippen molar-refractivity contribution in [1.29, 1.82) is 0 Å². The summed E-state index contributed by atoms with van der Waals surface area (Å²) in [6.07, 6.45) is 26.9. The molecule has 0 aromatic carbocycles. The first-order valence-electron chi connectivity index (χ1n) is 10.1. The van der Waals surface area contributed by atoms with Gasteiger partial charge in [0, 0.05) is 17.9 Å². The summed E-state index contributed by atoms with van der Waals surface area (Å²) in [6, 6.07) is 3.93. The maximum absolute atomic E-state index is 12.5. The van der Waals surface area contributed by atoms with Crippen molar-refractivity contribution in [3.05, 3.63) is 82.5 Å². The topological polar surface area (TPSA) is 30.2 Å². The zero-order valence-corrected chi connectivity index (χ0v) is 16.0. The third-order valence-corrected chi connectivity index (χ3v) is 4.61. The van der Waals surface area contributed by atoms with Crippen LogP contribution in [-0.4, -0.2) is 0 Å². The lowest BCUT2D eigenvalue weighted by atomic mass is 9.98. The Bertz CT molecular complexity index is 688. The van der Waals surface area contributed by atoms with E-state index < -0.39 is 0 Å². The van der Waals surface area contributed by atoms with Gasteiger partial charge in [0.1, 0.15) is 5.76 Å². The molecular formula is C24H32O2. The smallest absolute Gasteiger partial charge is 0.340 e. The van der Waals surface area contributed by atoms with Crippen LogP contribution in [0.15, 0.2) is 70.0 Å². The maximum Gasteiger partial charge on any atom is 0.340 e. The Morgan fingerprint density at radius 1 is 1.04 bits per heavy atom. The second kappa shape index (κ2) is 12.3. The molecule has 2 bridgehead atoms. The van der Waals surface area contributed by atoms with Crippen molar-refractivity contribution in [2.24, 2.45) is 0 Å². The van der Waals surface area contributed by atoms with Crippen LogP contribution in [0.1, 0.15) is 75.5 Å². The molecule has 2 nitrogen and oxygen atoms in total. The number of hydrogen-bond donors (Lipinski definition) is 0. The van der Waals surface area contributed by atoms with Gasteiger partial charge in [-0.05, 0) is 50.7 Å². The Morgan fingerprint density at radius 3 is 2.77 bits per heavy atom. The average molecular weight is 353 g/mol. The predicted octanol–water partition coefficient (Wildman–Crippen LogP) is 6.65. The lowest BCUT2D eigenvalue weighted by molar-refractivity contribution is 0.442. The molecule has 1 aromatic rings. The predicted molar refractivity (Wildman–Crippen MR) is 111 cm³/mol. The van der Waals surface area contributed by atoms with Crippen LogP contribution in [0.5, 0.6) is 0 Å². The Morgan fingerprint density at radius 2 is 1.92 bits per heavy atom. The van der Waals surface area contributed by atoms with Crippen molar-refractivity contribution >= 4 is 0 Å². The molecule has 3 rings (SSSR count). The average Bonchev–Trinajstić information content (AvgIpc) is 2.63. The van der Waals surface area contributed by atoms with Crippen LogP contribution < -0.4 is 5.63 Å². The highest BCUT2D eigenvalue weighted by Crippen LogP contribution is 2.18. The normalized spacial score (nSPS) is 22.1. The molecule has 0 saturated heterocycles. The van der Waals surface area contributed by atoms with E-state index in [0.29, 0.717) is 0 Å². The molecule has 2 heteroatoms. The number of rotatable bonds is 4. The molecule has 0 unspecified atom stereocenters. The van der Waals surface area contributed by atoms with E-state index >= 15 is 0 Å². The van der Waals surface area contributed by atoms with E-state index in [1.54, 1.807) is 0 Å². The number of hydrogen-bond acceptors (Lipinski definition) is 2. The third kappa shape index (κ3) is 7.43. The lowest BCUT2D eigenvalue weighted by Gasteiger charge is -2.08. The summed E-state index contributed by atoms with van der Waals surface area (Å²) >= 11 is 0. The van der Waals surface area contributed by atoms with E-state index in [1.807, 2.05) is 12.1 Å². The SMILES string of the molecule is CC/C=C\C/C=C/[C@H]1/C=C\C/C=C\CCCCCCc2ccc1c(=O)o2. The first-order chi connectivity index (χ1) is 12.8. The van der Waals surface area contributed by atoms with E-state index in [1.165, 1.54) is 19.3 Å². The lowest BCUT2D eigenvalue weighted by Crippen LogP contribution is -2.11. The zero-order valence-electron chi connectivity index (χ0n) is 16.0. The second-order valence-electron chi connectivity index (χ2n) is 6.80. The van der Waals surface area contributed by atoms with E-state index in [0.717, 1.165) is 49.8 Å². The van der Waals surface area contributed by atoms with Crippen molar-refractivity contribution < 1.29 is 4.42 Å². The second-order valence-corrected chi connectivity index (χ2v) is 6.80. The molecule has 2 aliphatic rings. The van der Waals surface area contributed by atoms with E-state index in [-0.39, 0.29) is 11.5 Å². The summed E-state index contributed by atoms with van der Waals surface area (Å²) in [5, 5.41) is 0. The Labute approximate surface area is 158 Å². The fourth-order valence-corrected chi connectivity index (χ4v) is 3.12. The molecule has 1 aliphatic heterocycles. The summed E-state index contributed by atoms with van der Waals surface area (Å²) < 4.78 is 5.58.